The molecule has 4 nitrogen and oxygen atoms in total. The molecule has 0 saturated heterocycles. The van der Waals surface area contributed by atoms with Gasteiger partial charge in [-0.15, -0.1) is 0 Å². The van der Waals surface area contributed by atoms with E-state index in [9.17, 15) is 22.8 Å². The van der Waals surface area contributed by atoms with Gasteiger partial charge < -0.3 is 9.64 Å². The first-order chi connectivity index (χ1) is 11.8. The number of nitrogens with zero attached hydrogens (tertiary/aromatic N) is 1. The molecule has 130 valence electrons. The number of aryl methyl sites for hydroxylation is 1. The Bertz CT molecular complexity index is 828. The zero-order chi connectivity index (χ0) is 18.2. The van der Waals surface area contributed by atoms with Crippen LogP contribution in [0.25, 0.3) is 0 Å². The molecular formula is C18H14F3NO3. The molecular weight excluding hydrogens is 335 g/mol. The molecule has 0 bridgehead atoms. The Labute approximate surface area is 141 Å². The van der Waals surface area contributed by atoms with E-state index in [0.29, 0.717) is 11.3 Å². The van der Waals surface area contributed by atoms with Crippen LogP contribution < -0.4 is 9.64 Å². The average Bonchev–Trinajstić information content (AvgIpc) is 2.81. The molecule has 1 amide bonds. The summed E-state index contributed by atoms with van der Waals surface area (Å²) < 4.78 is 43.0. The topological polar surface area (TPSA) is 46.6 Å². The standard InChI is InChI=1S/C18H14F3NO3/c1-11-3-2-4-14-15(11)22(17(24)16(14)23)9-10-25-13-7-5-12(6-8-13)18(19,20)21/h2-8H,9-10H2,1H3. The molecule has 0 fully saturated rings. The Hall–Kier alpha value is -2.83. The monoisotopic (exact) mass is 349 g/mol. The molecule has 0 aromatic heterocycles. The predicted molar refractivity (Wildman–Crippen MR) is 84.8 cm³/mol. The minimum absolute atomic E-state index is 0.0537. The van der Waals surface area contributed by atoms with Gasteiger partial charge in [0.25, 0.3) is 11.7 Å². The number of ketones is 1. The van der Waals surface area contributed by atoms with Crippen molar-refractivity contribution in [3.8, 4) is 5.75 Å². The molecule has 0 unspecified atom stereocenters. The molecule has 0 N–H and O–H groups in total. The van der Waals surface area contributed by atoms with Crippen molar-refractivity contribution in [2.24, 2.45) is 0 Å². The summed E-state index contributed by atoms with van der Waals surface area (Å²) in [5.41, 5.74) is 0.962. The second-order valence-corrected chi connectivity index (χ2v) is 5.63. The van der Waals surface area contributed by atoms with Gasteiger partial charge in [0.05, 0.1) is 23.4 Å². The van der Waals surface area contributed by atoms with Gasteiger partial charge in [0.2, 0.25) is 0 Å². The van der Waals surface area contributed by atoms with Crippen molar-refractivity contribution in [2.45, 2.75) is 13.1 Å². The predicted octanol–water partition coefficient (Wildman–Crippen LogP) is 3.62. The van der Waals surface area contributed by atoms with Gasteiger partial charge in [-0.3, -0.25) is 9.59 Å². The fourth-order valence-electron chi connectivity index (χ4n) is 2.75. The van der Waals surface area contributed by atoms with E-state index in [-0.39, 0.29) is 18.9 Å². The number of rotatable bonds is 4. The largest absolute Gasteiger partial charge is 0.492 e. The normalized spacial score (nSPS) is 14.0. The molecule has 0 aliphatic carbocycles. The van der Waals surface area contributed by atoms with E-state index >= 15 is 0 Å². The van der Waals surface area contributed by atoms with Crippen LogP contribution in [0.1, 0.15) is 21.5 Å². The molecule has 1 aliphatic rings. The summed E-state index contributed by atoms with van der Waals surface area (Å²) in [6, 6.07) is 9.41. The fourth-order valence-corrected chi connectivity index (χ4v) is 2.75. The molecule has 2 aromatic carbocycles. The smallest absolute Gasteiger partial charge is 0.416 e. The molecule has 25 heavy (non-hydrogen) atoms. The zero-order valence-corrected chi connectivity index (χ0v) is 13.3. The fraction of sp³-hybridized carbons (Fsp3) is 0.222. The van der Waals surface area contributed by atoms with E-state index in [4.69, 9.17) is 4.74 Å². The van der Waals surface area contributed by atoms with Gasteiger partial charge in [-0.2, -0.15) is 13.2 Å². The third-order valence-corrected chi connectivity index (χ3v) is 3.96. The van der Waals surface area contributed by atoms with E-state index in [0.717, 1.165) is 17.7 Å². The number of alkyl halides is 3. The molecule has 2 aromatic rings. The number of fused-ring (bicyclic) bond motifs is 1. The minimum atomic E-state index is -4.40. The summed E-state index contributed by atoms with van der Waals surface area (Å²) in [4.78, 5) is 25.4. The van der Waals surface area contributed by atoms with E-state index < -0.39 is 23.4 Å². The molecule has 0 saturated carbocycles. The number of benzene rings is 2. The van der Waals surface area contributed by atoms with E-state index in [1.807, 2.05) is 0 Å². The van der Waals surface area contributed by atoms with Crippen LogP contribution in [0.4, 0.5) is 18.9 Å². The third kappa shape index (κ3) is 3.22. The zero-order valence-electron chi connectivity index (χ0n) is 13.3. The summed E-state index contributed by atoms with van der Waals surface area (Å²) in [6.45, 7) is 1.98. The molecule has 1 heterocycles. The first-order valence-corrected chi connectivity index (χ1v) is 7.55. The SMILES string of the molecule is Cc1cccc2c1N(CCOc1ccc(C(F)(F)F)cc1)C(=O)C2=O. The van der Waals surface area contributed by atoms with Crippen LogP contribution in [0.5, 0.6) is 5.75 Å². The van der Waals surface area contributed by atoms with Crippen molar-refractivity contribution >= 4 is 17.4 Å². The highest BCUT2D eigenvalue weighted by Gasteiger charge is 2.36. The number of hydrogen-bond donors (Lipinski definition) is 0. The first-order valence-electron chi connectivity index (χ1n) is 7.55. The van der Waals surface area contributed by atoms with Crippen LogP contribution in [-0.4, -0.2) is 24.8 Å². The van der Waals surface area contributed by atoms with Crippen LogP contribution in [-0.2, 0) is 11.0 Å². The second kappa shape index (κ2) is 6.23. The van der Waals surface area contributed by atoms with E-state index in [2.05, 4.69) is 0 Å². The van der Waals surface area contributed by atoms with Gasteiger partial charge in [0, 0.05) is 0 Å². The first kappa shape index (κ1) is 17.0. The van der Waals surface area contributed by atoms with Crippen LogP contribution in [0.15, 0.2) is 42.5 Å². The van der Waals surface area contributed by atoms with Crippen LogP contribution >= 0.6 is 0 Å². The average molecular weight is 349 g/mol. The Balaban J connectivity index is 1.67. The number of Topliss-reactive ketones (excluding diaryl/α,β-unsaturated/α-hetero) is 1. The van der Waals surface area contributed by atoms with Gasteiger partial charge in [0.15, 0.2) is 0 Å². The lowest BCUT2D eigenvalue weighted by molar-refractivity contribution is -0.137. The number of carbonyl (C=O) groups excluding carboxylic acids is 2. The highest BCUT2D eigenvalue weighted by molar-refractivity contribution is 6.52. The molecule has 0 atom stereocenters. The number of para-hydroxylation sites is 1. The van der Waals surface area contributed by atoms with Crippen LogP contribution in [0.3, 0.4) is 0 Å². The number of hydrogen-bond acceptors (Lipinski definition) is 3. The minimum Gasteiger partial charge on any atom is -0.492 e. The van der Waals surface area contributed by atoms with Crippen LogP contribution in [0.2, 0.25) is 0 Å². The number of ether oxygens (including phenoxy) is 1. The quantitative estimate of drug-likeness (QED) is 0.792. The lowest BCUT2D eigenvalue weighted by Crippen LogP contribution is -2.33. The summed E-state index contributed by atoms with van der Waals surface area (Å²) in [6.07, 6.45) is -4.40. The molecule has 0 spiro atoms. The van der Waals surface area contributed by atoms with Gasteiger partial charge in [-0.1, -0.05) is 12.1 Å². The number of anilines is 1. The maximum absolute atomic E-state index is 12.5. The lowest BCUT2D eigenvalue weighted by Gasteiger charge is -2.18. The second-order valence-electron chi connectivity index (χ2n) is 5.63. The summed E-state index contributed by atoms with van der Waals surface area (Å²) in [5, 5.41) is 0. The van der Waals surface area contributed by atoms with Gasteiger partial charge in [-0.05, 0) is 42.8 Å². The molecule has 1 aliphatic heterocycles. The van der Waals surface area contributed by atoms with Gasteiger partial charge in [-0.25, -0.2) is 0 Å². The van der Waals surface area contributed by atoms with Crippen molar-refractivity contribution in [2.75, 3.05) is 18.1 Å². The highest BCUT2D eigenvalue weighted by Crippen LogP contribution is 2.32. The number of halogens is 3. The highest BCUT2D eigenvalue weighted by atomic mass is 19.4. The molecule has 3 rings (SSSR count). The Kier molecular flexibility index (Phi) is 4.24. The van der Waals surface area contributed by atoms with Crippen LogP contribution in [0, 0.1) is 6.92 Å². The summed E-state index contributed by atoms with van der Waals surface area (Å²) in [5.74, 6) is -0.926. The van der Waals surface area contributed by atoms with E-state index in [1.54, 1.807) is 25.1 Å². The Morgan fingerprint density at radius 3 is 2.36 bits per heavy atom. The third-order valence-electron chi connectivity index (χ3n) is 3.96. The van der Waals surface area contributed by atoms with Crippen molar-refractivity contribution in [1.82, 2.24) is 0 Å². The summed E-state index contributed by atoms with van der Waals surface area (Å²) in [7, 11) is 0. The van der Waals surface area contributed by atoms with Crippen molar-refractivity contribution in [3.05, 3.63) is 59.2 Å². The number of amides is 1. The lowest BCUT2D eigenvalue weighted by atomic mass is 10.1. The number of carbonyl (C=O) groups is 2. The van der Waals surface area contributed by atoms with Gasteiger partial charge in [0.1, 0.15) is 12.4 Å². The van der Waals surface area contributed by atoms with Crippen molar-refractivity contribution in [3.63, 3.8) is 0 Å². The van der Waals surface area contributed by atoms with Crippen molar-refractivity contribution < 1.29 is 27.5 Å². The Morgan fingerprint density at radius 1 is 1.04 bits per heavy atom. The van der Waals surface area contributed by atoms with E-state index in [1.165, 1.54) is 17.0 Å². The maximum Gasteiger partial charge on any atom is 0.416 e. The molecule has 0 radical (unpaired) electrons. The van der Waals surface area contributed by atoms with Crippen molar-refractivity contribution in [1.29, 1.82) is 0 Å². The molecule has 7 heteroatoms. The Morgan fingerprint density at radius 2 is 1.72 bits per heavy atom. The summed E-state index contributed by atoms with van der Waals surface area (Å²) >= 11 is 0. The maximum atomic E-state index is 12.5. The van der Waals surface area contributed by atoms with Gasteiger partial charge >= 0.3 is 6.18 Å².